The number of rotatable bonds is 8. The molecule has 0 fully saturated rings. The molecule has 0 aliphatic heterocycles. The van der Waals surface area contributed by atoms with E-state index >= 15 is 0 Å². The van der Waals surface area contributed by atoms with Gasteiger partial charge >= 0.3 is 0 Å². The maximum absolute atomic E-state index is 12.8. The minimum absolute atomic E-state index is 0.195. The zero-order valence-electron chi connectivity index (χ0n) is 19.0. The van der Waals surface area contributed by atoms with Gasteiger partial charge in [-0.05, 0) is 73.4 Å². The number of hydrogen-bond acceptors (Lipinski definition) is 8. The molecule has 11 heteroatoms. The SMILES string of the molecule is COc1cc(P(C)(C)=O)ccc1Nc1ncc(Br)c(Nc2ccccc2S(=O)(=O)C(C)C)n1. The molecule has 0 aliphatic rings. The maximum atomic E-state index is 12.8. The van der Waals surface area contributed by atoms with Crippen molar-refractivity contribution in [2.75, 3.05) is 31.1 Å². The molecule has 0 saturated heterocycles. The van der Waals surface area contributed by atoms with Gasteiger partial charge in [0.05, 0.1) is 33.1 Å². The van der Waals surface area contributed by atoms with Gasteiger partial charge in [-0.2, -0.15) is 4.98 Å². The monoisotopic (exact) mass is 552 g/mol. The van der Waals surface area contributed by atoms with Gasteiger partial charge in [0, 0.05) is 11.5 Å². The molecule has 0 amide bonds. The number of hydrogen-bond donors (Lipinski definition) is 2. The summed E-state index contributed by atoms with van der Waals surface area (Å²) in [7, 11) is -4.41. The van der Waals surface area contributed by atoms with Crippen LogP contribution in [-0.4, -0.2) is 44.1 Å². The van der Waals surface area contributed by atoms with Crippen molar-refractivity contribution in [3.63, 3.8) is 0 Å². The highest BCUT2D eigenvalue weighted by Crippen LogP contribution is 2.38. The first-order valence-electron chi connectivity index (χ1n) is 10.1. The van der Waals surface area contributed by atoms with E-state index < -0.39 is 22.2 Å². The molecule has 0 unspecified atom stereocenters. The molecular formula is C22H26BrN4O4PS. The van der Waals surface area contributed by atoms with Crippen LogP contribution in [0.4, 0.5) is 23.1 Å². The number of sulfone groups is 1. The Labute approximate surface area is 202 Å². The fourth-order valence-electron chi connectivity index (χ4n) is 2.95. The van der Waals surface area contributed by atoms with Crippen LogP contribution in [0, 0.1) is 0 Å². The predicted molar refractivity (Wildman–Crippen MR) is 137 cm³/mol. The number of ether oxygens (including phenoxy) is 1. The van der Waals surface area contributed by atoms with E-state index in [1.54, 1.807) is 75.8 Å². The van der Waals surface area contributed by atoms with E-state index in [9.17, 15) is 13.0 Å². The normalized spacial score (nSPS) is 12.0. The van der Waals surface area contributed by atoms with Gasteiger partial charge in [-0.15, -0.1) is 0 Å². The molecule has 0 atom stereocenters. The molecule has 8 nitrogen and oxygen atoms in total. The van der Waals surface area contributed by atoms with Gasteiger partial charge in [0.1, 0.15) is 18.7 Å². The first-order valence-corrected chi connectivity index (χ1v) is 15.0. The van der Waals surface area contributed by atoms with Gasteiger partial charge < -0.3 is 19.9 Å². The zero-order valence-corrected chi connectivity index (χ0v) is 22.3. The van der Waals surface area contributed by atoms with Crippen LogP contribution in [0.15, 0.2) is 58.0 Å². The van der Waals surface area contributed by atoms with Crippen molar-refractivity contribution in [1.29, 1.82) is 0 Å². The molecule has 1 aromatic heterocycles. The summed E-state index contributed by atoms with van der Waals surface area (Å²) in [6, 6.07) is 12.0. The summed E-state index contributed by atoms with van der Waals surface area (Å²) in [4.78, 5) is 8.97. The highest BCUT2D eigenvalue weighted by molar-refractivity contribution is 9.10. The third-order valence-corrected chi connectivity index (χ3v) is 9.18. The Bertz CT molecular complexity index is 1330. The number of benzene rings is 2. The van der Waals surface area contributed by atoms with Crippen LogP contribution in [0.2, 0.25) is 0 Å². The smallest absolute Gasteiger partial charge is 0.229 e. The number of nitrogens with one attached hydrogen (secondary N) is 2. The number of aromatic nitrogens is 2. The molecule has 33 heavy (non-hydrogen) atoms. The molecule has 0 spiro atoms. The van der Waals surface area contributed by atoms with Gasteiger partial charge in [-0.25, -0.2) is 13.4 Å². The minimum atomic E-state index is -3.50. The average Bonchev–Trinajstić information content (AvgIpc) is 2.75. The lowest BCUT2D eigenvalue weighted by atomic mass is 10.3. The Morgan fingerprint density at radius 1 is 1.06 bits per heavy atom. The lowest BCUT2D eigenvalue weighted by molar-refractivity contribution is 0.417. The second-order valence-corrected chi connectivity index (χ2v) is 14.5. The molecule has 2 N–H and O–H groups in total. The van der Waals surface area contributed by atoms with E-state index in [0.717, 1.165) is 0 Å². The van der Waals surface area contributed by atoms with Gasteiger partial charge in [0.25, 0.3) is 0 Å². The second kappa shape index (κ2) is 9.83. The number of anilines is 4. The largest absolute Gasteiger partial charge is 0.495 e. The van der Waals surface area contributed by atoms with Crippen LogP contribution in [-0.2, 0) is 14.4 Å². The van der Waals surface area contributed by atoms with E-state index in [1.807, 2.05) is 0 Å². The quantitative estimate of drug-likeness (QED) is 0.368. The van der Waals surface area contributed by atoms with Crippen molar-refractivity contribution in [2.45, 2.75) is 24.0 Å². The minimum Gasteiger partial charge on any atom is -0.495 e. The van der Waals surface area contributed by atoms with Crippen LogP contribution in [0.25, 0.3) is 0 Å². The third kappa shape index (κ3) is 5.75. The molecule has 0 saturated carbocycles. The number of nitrogens with zero attached hydrogens (tertiary/aromatic N) is 2. The topological polar surface area (TPSA) is 110 Å². The lowest BCUT2D eigenvalue weighted by Gasteiger charge is -2.16. The van der Waals surface area contributed by atoms with Crippen molar-refractivity contribution in [2.24, 2.45) is 0 Å². The van der Waals surface area contributed by atoms with Crippen molar-refractivity contribution in [3.05, 3.63) is 53.1 Å². The Kier molecular flexibility index (Phi) is 7.51. The van der Waals surface area contributed by atoms with E-state index in [4.69, 9.17) is 4.74 Å². The second-order valence-electron chi connectivity index (χ2n) is 7.97. The number of para-hydroxylation sites is 1. The van der Waals surface area contributed by atoms with Crippen LogP contribution in [0.1, 0.15) is 13.8 Å². The highest BCUT2D eigenvalue weighted by atomic mass is 79.9. The Morgan fingerprint density at radius 2 is 1.76 bits per heavy atom. The molecular weight excluding hydrogens is 527 g/mol. The first-order chi connectivity index (χ1) is 15.4. The van der Waals surface area contributed by atoms with Gasteiger partial charge in [-0.1, -0.05) is 12.1 Å². The summed E-state index contributed by atoms with van der Waals surface area (Å²) in [6.07, 6.45) is 1.56. The predicted octanol–water partition coefficient (Wildman–Crippen LogP) is 5.17. The molecule has 176 valence electrons. The molecule has 0 radical (unpaired) electrons. The average molecular weight is 553 g/mol. The summed E-state index contributed by atoms with van der Waals surface area (Å²) < 4.78 is 43.9. The summed E-state index contributed by atoms with van der Waals surface area (Å²) >= 11 is 3.42. The van der Waals surface area contributed by atoms with Crippen molar-refractivity contribution in [3.8, 4) is 5.75 Å². The van der Waals surface area contributed by atoms with Crippen LogP contribution < -0.4 is 20.7 Å². The molecule has 0 bridgehead atoms. The number of halogens is 1. The van der Waals surface area contributed by atoms with Crippen LogP contribution >= 0.6 is 23.1 Å². The highest BCUT2D eigenvalue weighted by Gasteiger charge is 2.23. The van der Waals surface area contributed by atoms with Crippen molar-refractivity contribution < 1.29 is 17.7 Å². The Hall–Kier alpha value is -2.42. The van der Waals surface area contributed by atoms with E-state index in [0.29, 0.717) is 32.7 Å². The summed E-state index contributed by atoms with van der Waals surface area (Å²) in [5.41, 5.74) is 1.02. The third-order valence-electron chi connectivity index (χ3n) is 4.86. The molecule has 2 aromatic carbocycles. The Morgan fingerprint density at radius 3 is 2.39 bits per heavy atom. The summed E-state index contributed by atoms with van der Waals surface area (Å²) in [5, 5.41) is 6.34. The van der Waals surface area contributed by atoms with E-state index in [-0.39, 0.29) is 10.8 Å². The van der Waals surface area contributed by atoms with Crippen molar-refractivity contribution in [1.82, 2.24) is 9.97 Å². The molecule has 0 aliphatic carbocycles. The van der Waals surface area contributed by atoms with E-state index in [2.05, 4.69) is 36.5 Å². The maximum Gasteiger partial charge on any atom is 0.229 e. The summed E-state index contributed by atoms with van der Waals surface area (Å²) in [5.74, 6) is 1.17. The lowest BCUT2D eigenvalue weighted by Crippen LogP contribution is -2.15. The van der Waals surface area contributed by atoms with E-state index in [1.165, 1.54) is 7.11 Å². The Balaban J connectivity index is 1.95. The van der Waals surface area contributed by atoms with Crippen LogP contribution in [0.3, 0.4) is 0 Å². The van der Waals surface area contributed by atoms with Gasteiger partial charge in [0.2, 0.25) is 5.95 Å². The van der Waals surface area contributed by atoms with Crippen LogP contribution in [0.5, 0.6) is 5.75 Å². The van der Waals surface area contributed by atoms with Crippen molar-refractivity contribution >= 4 is 61.4 Å². The molecule has 3 rings (SSSR count). The molecule has 3 aromatic rings. The summed E-state index contributed by atoms with van der Waals surface area (Å²) in [6.45, 7) is 6.68. The van der Waals surface area contributed by atoms with Gasteiger partial charge in [0.15, 0.2) is 9.84 Å². The van der Waals surface area contributed by atoms with Gasteiger partial charge in [-0.3, -0.25) is 0 Å². The number of methoxy groups -OCH3 is 1. The first kappa shape index (κ1) is 25.2. The molecule has 1 heterocycles. The zero-order chi connectivity index (χ0) is 24.4. The fraction of sp³-hybridized carbons (Fsp3) is 0.273. The fourth-order valence-corrected chi connectivity index (χ4v) is 5.31. The standard InChI is InChI=1S/C22H26BrN4O4PS/c1-14(2)33(29,30)20-9-7-6-8-18(20)25-21-16(23)13-24-22(27-21)26-17-11-10-15(32(4,5)28)12-19(17)31-3/h6-14H,1-5H3,(H2,24,25,26,27).